The van der Waals surface area contributed by atoms with Crippen molar-refractivity contribution in [1.29, 1.82) is 0 Å². The molecule has 0 amide bonds. The van der Waals surface area contributed by atoms with Crippen LogP contribution in [0, 0.1) is 27.7 Å². The Morgan fingerprint density at radius 2 is 1.63 bits per heavy atom. The van der Waals surface area contributed by atoms with Crippen molar-refractivity contribution in [3.8, 4) is 0 Å². The minimum Gasteiger partial charge on any atom is -0.394 e. The summed E-state index contributed by atoms with van der Waals surface area (Å²) in [5.41, 5.74) is 6.86. The van der Waals surface area contributed by atoms with E-state index in [4.69, 9.17) is 5.11 Å². The van der Waals surface area contributed by atoms with Gasteiger partial charge in [0.25, 0.3) is 0 Å². The van der Waals surface area contributed by atoms with Crippen LogP contribution in [-0.4, -0.2) is 48.0 Å². The first-order valence-corrected chi connectivity index (χ1v) is 6.90. The van der Waals surface area contributed by atoms with Gasteiger partial charge in [-0.3, -0.25) is 0 Å². The number of aliphatic hydroxyl groups excluding tert-OH is 2. The topological polar surface area (TPSA) is 43.7 Å². The van der Waals surface area contributed by atoms with Gasteiger partial charge in [0.05, 0.1) is 12.7 Å². The summed E-state index contributed by atoms with van der Waals surface area (Å²) in [5, 5.41) is 18.3. The Bertz CT molecular complexity index is 403. The highest BCUT2D eigenvalue weighted by Gasteiger charge is 2.11. The summed E-state index contributed by atoms with van der Waals surface area (Å²) < 4.78 is 0. The monoisotopic (exact) mass is 265 g/mol. The summed E-state index contributed by atoms with van der Waals surface area (Å²) >= 11 is 0. The summed E-state index contributed by atoms with van der Waals surface area (Å²) in [6.07, 6.45) is 0.334. The lowest BCUT2D eigenvalue weighted by molar-refractivity contribution is 0.0669. The Balaban J connectivity index is 2.73. The summed E-state index contributed by atoms with van der Waals surface area (Å²) in [7, 11) is 1.98. The van der Waals surface area contributed by atoms with Crippen molar-refractivity contribution < 1.29 is 10.2 Å². The summed E-state index contributed by atoms with van der Waals surface area (Å²) in [4.78, 5) is 2.07. The maximum Gasteiger partial charge on any atom is 0.0897 e. The van der Waals surface area contributed by atoms with Crippen molar-refractivity contribution in [2.45, 2.75) is 40.2 Å². The van der Waals surface area contributed by atoms with Crippen LogP contribution < -0.4 is 0 Å². The van der Waals surface area contributed by atoms with Crippen molar-refractivity contribution in [1.82, 2.24) is 4.90 Å². The molecule has 19 heavy (non-hydrogen) atoms. The number of aryl methyl sites for hydroxylation is 2. The van der Waals surface area contributed by atoms with Gasteiger partial charge in [0.15, 0.2) is 0 Å². The Morgan fingerprint density at radius 1 is 1.11 bits per heavy atom. The van der Waals surface area contributed by atoms with Crippen LogP contribution in [0.2, 0.25) is 0 Å². The minimum atomic E-state index is -0.647. The number of benzene rings is 1. The van der Waals surface area contributed by atoms with E-state index in [2.05, 4.69) is 38.7 Å². The normalized spacial score (nSPS) is 13.1. The Hall–Kier alpha value is -0.900. The molecule has 0 radical (unpaired) electrons. The van der Waals surface area contributed by atoms with E-state index in [-0.39, 0.29) is 6.61 Å². The van der Waals surface area contributed by atoms with E-state index >= 15 is 0 Å². The molecule has 1 aromatic rings. The number of aliphatic hydroxyl groups is 2. The largest absolute Gasteiger partial charge is 0.394 e. The Labute approximate surface area is 116 Å². The predicted octanol–water partition coefficient (Wildman–Crippen LogP) is 1.75. The van der Waals surface area contributed by atoms with Crippen molar-refractivity contribution >= 4 is 0 Å². The molecule has 0 aliphatic rings. The SMILES string of the molecule is Cc1cc(C)c(C)c(CCN(C)CC(O)CO)c1C. The van der Waals surface area contributed by atoms with Crippen molar-refractivity contribution in [2.24, 2.45) is 0 Å². The van der Waals surface area contributed by atoms with Crippen molar-refractivity contribution in [3.63, 3.8) is 0 Å². The average Bonchev–Trinajstić information content (AvgIpc) is 2.36. The van der Waals surface area contributed by atoms with Crippen LogP contribution in [0.4, 0.5) is 0 Å². The van der Waals surface area contributed by atoms with E-state index in [0.717, 1.165) is 13.0 Å². The van der Waals surface area contributed by atoms with Crippen LogP contribution in [0.5, 0.6) is 0 Å². The molecule has 1 rings (SSSR count). The molecular weight excluding hydrogens is 238 g/mol. The summed E-state index contributed by atoms with van der Waals surface area (Å²) in [6.45, 7) is 9.90. The van der Waals surface area contributed by atoms with Gasteiger partial charge in [0.2, 0.25) is 0 Å². The zero-order chi connectivity index (χ0) is 14.6. The van der Waals surface area contributed by atoms with Crippen LogP contribution in [-0.2, 0) is 6.42 Å². The van der Waals surface area contributed by atoms with E-state index < -0.39 is 6.10 Å². The van der Waals surface area contributed by atoms with Gasteiger partial charge in [-0.05, 0) is 69.0 Å². The zero-order valence-electron chi connectivity index (χ0n) is 12.8. The molecule has 0 aliphatic heterocycles. The van der Waals surface area contributed by atoms with Crippen molar-refractivity contribution in [2.75, 3.05) is 26.7 Å². The second-order valence-corrected chi connectivity index (χ2v) is 5.59. The van der Waals surface area contributed by atoms with Gasteiger partial charge in [-0.25, -0.2) is 0 Å². The lowest BCUT2D eigenvalue weighted by atomic mass is 9.92. The first-order chi connectivity index (χ1) is 8.86. The molecule has 0 saturated heterocycles. The second kappa shape index (κ2) is 7.04. The first-order valence-electron chi connectivity index (χ1n) is 6.90. The molecule has 108 valence electrons. The van der Waals surface area contributed by atoms with E-state index in [1.165, 1.54) is 27.8 Å². The van der Waals surface area contributed by atoms with Crippen LogP contribution in [0.25, 0.3) is 0 Å². The third-order valence-corrected chi connectivity index (χ3v) is 4.00. The highest BCUT2D eigenvalue weighted by molar-refractivity contribution is 5.44. The zero-order valence-corrected chi connectivity index (χ0v) is 12.8. The molecule has 0 aliphatic carbocycles. The second-order valence-electron chi connectivity index (χ2n) is 5.59. The fraction of sp³-hybridized carbons (Fsp3) is 0.625. The van der Waals surface area contributed by atoms with Gasteiger partial charge < -0.3 is 15.1 Å². The van der Waals surface area contributed by atoms with E-state index in [9.17, 15) is 5.11 Å². The first kappa shape index (κ1) is 16.2. The average molecular weight is 265 g/mol. The lowest BCUT2D eigenvalue weighted by Crippen LogP contribution is -2.32. The Morgan fingerprint density at radius 3 is 2.11 bits per heavy atom. The van der Waals surface area contributed by atoms with Crippen LogP contribution in [0.15, 0.2) is 6.07 Å². The van der Waals surface area contributed by atoms with E-state index in [1.807, 2.05) is 7.05 Å². The standard InChI is InChI=1S/C16H27NO2/c1-11-8-12(2)14(4)16(13(11)3)6-7-17(5)9-15(19)10-18/h8,15,18-19H,6-7,9-10H2,1-5H3. The van der Waals surface area contributed by atoms with Crippen molar-refractivity contribution in [3.05, 3.63) is 33.9 Å². The summed E-state index contributed by atoms with van der Waals surface area (Å²) in [6, 6.07) is 2.24. The molecule has 0 heterocycles. The van der Waals surface area contributed by atoms with E-state index in [1.54, 1.807) is 0 Å². The highest BCUT2D eigenvalue weighted by atomic mass is 16.3. The van der Waals surface area contributed by atoms with Gasteiger partial charge in [-0.1, -0.05) is 6.07 Å². The lowest BCUT2D eigenvalue weighted by Gasteiger charge is -2.21. The molecule has 3 heteroatoms. The smallest absolute Gasteiger partial charge is 0.0897 e. The minimum absolute atomic E-state index is 0.175. The summed E-state index contributed by atoms with van der Waals surface area (Å²) in [5.74, 6) is 0. The number of likely N-dealkylation sites (N-methyl/N-ethyl adjacent to an activating group) is 1. The molecule has 1 unspecified atom stereocenters. The maximum atomic E-state index is 9.43. The molecule has 0 aromatic heterocycles. The number of hydrogen-bond donors (Lipinski definition) is 2. The molecule has 3 nitrogen and oxygen atoms in total. The molecule has 1 atom stereocenters. The van der Waals surface area contributed by atoms with Gasteiger partial charge in [0, 0.05) is 13.1 Å². The fourth-order valence-electron chi connectivity index (χ4n) is 2.48. The number of rotatable bonds is 6. The number of nitrogens with zero attached hydrogens (tertiary/aromatic N) is 1. The van der Waals surface area contributed by atoms with Crippen LogP contribution in [0.1, 0.15) is 27.8 Å². The van der Waals surface area contributed by atoms with Gasteiger partial charge in [-0.2, -0.15) is 0 Å². The van der Waals surface area contributed by atoms with E-state index in [0.29, 0.717) is 6.54 Å². The molecule has 0 bridgehead atoms. The third kappa shape index (κ3) is 4.30. The van der Waals surface area contributed by atoms with Crippen LogP contribution in [0.3, 0.4) is 0 Å². The molecule has 0 saturated carbocycles. The van der Waals surface area contributed by atoms with Gasteiger partial charge in [0.1, 0.15) is 0 Å². The molecular formula is C16H27NO2. The van der Waals surface area contributed by atoms with Gasteiger partial charge >= 0.3 is 0 Å². The predicted molar refractivity (Wildman–Crippen MR) is 79.7 cm³/mol. The Kier molecular flexibility index (Phi) is 5.98. The molecule has 2 N–H and O–H groups in total. The number of hydrogen-bond acceptors (Lipinski definition) is 3. The molecule has 0 fully saturated rings. The third-order valence-electron chi connectivity index (χ3n) is 4.00. The van der Waals surface area contributed by atoms with Gasteiger partial charge in [-0.15, -0.1) is 0 Å². The maximum absolute atomic E-state index is 9.43. The fourth-order valence-corrected chi connectivity index (χ4v) is 2.48. The highest BCUT2D eigenvalue weighted by Crippen LogP contribution is 2.22. The molecule has 0 spiro atoms. The van der Waals surface area contributed by atoms with Crippen LogP contribution >= 0.6 is 0 Å². The molecule has 1 aromatic carbocycles. The quantitative estimate of drug-likeness (QED) is 0.823.